The molecule has 5 heterocycles. The van der Waals surface area contributed by atoms with Crippen LogP contribution in [-0.2, 0) is 4.79 Å². The molecule has 0 spiro atoms. The highest BCUT2D eigenvalue weighted by molar-refractivity contribution is 5.96. The second-order valence-corrected chi connectivity index (χ2v) is 12.2. The first-order valence-corrected chi connectivity index (χ1v) is 15.2. The second-order valence-electron chi connectivity index (χ2n) is 12.2. The lowest BCUT2D eigenvalue weighted by Crippen LogP contribution is -2.51. The van der Waals surface area contributed by atoms with E-state index in [4.69, 9.17) is 11.6 Å². The van der Waals surface area contributed by atoms with Gasteiger partial charge in [0.2, 0.25) is 6.54 Å². The molecule has 0 aliphatic carbocycles. The van der Waals surface area contributed by atoms with Crippen molar-refractivity contribution in [2.45, 2.75) is 58.5 Å². The van der Waals surface area contributed by atoms with Crippen molar-refractivity contribution in [2.75, 3.05) is 13.1 Å². The first kappa shape index (κ1) is 31.5. The number of fused-ring (bicyclic) bond motifs is 2. The highest BCUT2D eigenvalue weighted by Gasteiger charge is 2.37. The zero-order valence-corrected chi connectivity index (χ0v) is 26.3. The van der Waals surface area contributed by atoms with Gasteiger partial charge in [-0.15, -0.1) is 0 Å². The zero-order chi connectivity index (χ0) is 33.7. The highest BCUT2D eigenvalue weighted by Crippen LogP contribution is 2.36. The van der Waals surface area contributed by atoms with Gasteiger partial charge in [0.1, 0.15) is 11.7 Å². The second kappa shape index (κ2) is 12.0. The molecule has 4 aromatic heterocycles. The lowest BCUT2D eigenvalue weighted by atomic mass is 9.96. The molecular weight excluding hydrogens is 606 g/mol. The number of hydrogen-bond donors (Lipinski definition) is 1. The normalized spacial score (nSPS) is 16.6. The summed E-state index contributed by atoms with van der Waals surface area (Å²) < 4.78 is 32.7. The number of rotatable bonds is 6. The van der Waals surface area contributed by atoms with Gasteiger partial charge in [0.15, 0.2) is 17.3 Å². The van der Waals surface area contributed by atoms with Gasteiger partial charge in [-0.3, -0.25) is 33.6 Å². The summed E-state index contributed by atoms with van der Waals surface area (Å²) in [5.41, 5.74) is 1.74. The van der Waals surface area contributed by atoms with E-state index >= 15 is 4.39 Å². The van der Waals surface area contributed by atoms with Crippen LogP contribution < -0.4 is 11.1 Å². The predicted molar refractivity (Wildman–Crippen MR) is 173 cm³/mol. The largest absolute Gasteiger partial charge is 0.326 e. The molecule has 1 aromatic carbocycles. The van der Waals surface area contributed by atoms with E-state index < -0.39 is 40.8 Å². The molecule has 13 heteroatoms. The summed E-state index contributed by atoms with van der Waals surface area (Å²) in [6.45, 7) is 17.8. The number of carbonyl (C=O) groups is 1. The average Bonchev–Trinajstić information content (AvgIpc) is 3.51. The van der Waals surface area contributed by atoms with Gasteiger partial charge >= 0.3 is 11.1 Å². The number of amides is 1. The Morgan fingerprint density at radius 3 is 2.66 bits per heavy atom. The van der Waals surface area contributed by atoms with Gasteiger partial charge in [-0.05, 0) is 55.9 Å². The number of aryl methyl sites for hydroxylation is 2. The van der Waals surface area contributed by atoms with Crippen molar-refractivity contribution in [1.29, 1.82) is 0 Å². The van der Waals surface area contributed by atoms with E-state index in [0.29, 0.717) is 33.4 Å². The van der Waals surface area contributed by atoms with E-state index in [2.05, 4.69) is 26.6 Å². The molecule has 1 saturated heterocycles. The molecule has 1 aliphatic heterocycles. The molecule has 0 saturated carbocycles. The van der Waals surface area contributed by atoms with Crippen molar-refractivity contribution < 1.29 is 13.6 Å². The number of benzene rings is 1. The van der Waals surface area contributed by atoms with Gasteiger partial charge in [0.05, 0.1) is 28.6 Å². The Labute approximate surface area is 268 Å². The number of hydrogen-bond acceptors (Lipinski definition) is 6. The number of pyridine rings is 2. The fraction of sp³-hybridized carbons (Fsp3) is 0.324. The minimum Gasteiger partial charge on any atom is -0.326 e. The fourth-order valence-electron chi connectivity index (χ4n) is 6.65. The topological polar surface area (TPSA) is 123 Å². The van der Waals surface area contributed by atoms with E-state index in [-0.39, 0.29) is 48.7 Å². The molecule has 5 aromatic rings. The summed E-state index contributed by atoms with van der Waals surface area (Å²) in [5.74, 6) is -2.95. The number of likely N-dealkylation sites (tertiary alicyclic amines) is 1. The van der Waals surface area contributed by atoms with E-state index in [0.717, 1.165) is 5.56 Å². The van der Waals surface area contributed by atoms with Crippen LogP contribution in [0.1, 0.15) is 55.5 Å². The summed E-state index contributed by atoms with van der Waals surface area (Å²) in [4.78, 5) is 55.0. The van der Waals surface area contributed by atoms with Crippen LogP contribution in [0.2, 0.25) is 0 Å². The third kappa shape index (κ3) is 5.19. The SMILES string of the molecule is [C-]#[N+]C[C@H]1CC(n2c(=O)c(=O)n(-c3c(C)ccnc3C(C)C)c3nc(-c4c(C)ccc5[nH]ncc45)c(F)cc32)CCN1C(=O)C(=C)F. The van der Waals surface area contributed by atoms with Crippen LogP contribution in [0.4, 0.5) is 8.78 Å². The smallest absolute Gasteiger partial charge is 0.322 e. The molecule has 1 aliphatic rings. The Balaban J connectivity index is 1.68. The molecule has 0 radical (unpaired) electrons. The van der Waals surface area contributed by atoms with Crippen LogP contribution in [0.5, 0.6) is 0 Å². The van der Waals surface area contributed by atoms with E-state index in [9.17, 15) is 18.8 Å². The summed E-state index contributed by atoms with van der Waals surface area (Å²) in [6, 6.07) is 5.10. The minimum atomic E-state index is -1.15. The number of nitrogens with zero attached hydrogens (tertiary/aromatic N) is 7. The summed E-state index contributed by atoms with van der Waals surface area (Å²) in [7, 11) is 0. The Morgan fingerprint density at radius 1 is 1.19 bits per heavy atom. The van der Waals surface area contributed by atoms with Crippen LogP contribution in [-0.4, -0.2) is 59.2 Å². The van der Waals surface area contributed by atoms with Crippen LogP contribution in [0.15, 0.2) is 58.7 Å². The van der Waals surface area contributed by atoms with E-state index in [1.165, 1.54) is 20.1 Å². The Hall–Kier alpha value is -5.51. The summed E-state index contributed by atoms with van der Waals surface area (Å²) in [5, 5.41) is 7.64. The predicted octanol–water partition coefficient (Wildman–Crippen LogP) is 5.30. The monoisotopic (exact) mass is 638 g/mol. The number of aromatic amines is 1. The molecule has 1 N–H and O–H groups in total. The first-order chi connectivity index (χ1) is 22.4. The lowest BCUT2D eigenvalue weighted by Gasteiger charge is -2.37. The number of carbonyl (C=O) groups excluding carboxylic acids is 1. The number of nitrogens with one attached hydrogen (secondary N) is 1. The molecule has 1 fully saturated rings. The summed E-state index contributed by atoms with van der Waals surface area (Å²) in [6.07, 6.45) is 3.41. The van der Waals surface area contributed by atoms with Crippen LogP contribution in [0.3, 0.4) is 0 Å². The maximum atomic E-state index is 16.4. The summed E-state index contributed by atoms with van der Waals surface area (Å²) >= 11 is 0. The van der Waals surface area contributed by atoms with Gasteiger partial charge in [-0.25, -0.2) is 20.3 Å². The van der Waals surface area contributed by atoms with Crippen LogP contribution in [0, 0.1) is 26.2 Å². The molecule has 240 valence electrons. The molecule has 2 atom stereocenters. The molecule has 1 amide bonds. The third-order valence-corrected chi connectivity index (χ3v) is 8.85. The Kier molecular flexibility index (Phi) is 8.05. The number of piperidine rings is 1. The molecule has 0 bridgehead atoms. The van der Waals surface area contributed by atoms with Crippen molar-refractivity contribution in [3.05, 3.63) is 104 Å². The van der Waals surface area contributed by atoms with Gasteiger partial charge in [0.25, 0.3) is 5.91 Å². The Bertz CT molecular complexity index is 2260. The lowest BCUT2D eigenvalue weighted by molar-refractivity contribution is -0.132. The molecule has 6 rings (SSSR count). The zero-order valence-electron chi connectivity index (χ0n) is 26.3. The van der Waals surface area contributed by atoms with Gasteiger partial charge in [-0.1, -0.05) is 26.5 Å². The van der Waals surface area contributed by atoms with Crippen molar-refractivity contribution in [3.8, 4) is 16.9 Å². The minimum absolute atomic E-state index is 0.00146. The third-order valence-electron chi connectivity index (χ3n) is 8.85. The van der Waals surface area contributed by atoms with Crippen molar-refractivity contribution >= 4 is 28.0 Å². The molecule has 47 heavy (non-hydrogen) atoms. The van der Waals surface area contributed by atoms with E-state index in [1.807, 2.05) is 32.9 Å². The van der Waals surface area contributed by atoms with Crippen molar-refractivity contribution in [3.63, 3.8) is 0 Å². The first-order valence-electron chi connectivity index (χ1n) is 15.2. The number of halogens is 2. The average molecular weight is 639 g/mol. The Morgan fingerprint density at radius 2 is 1.96 bits per heavy atom. The maximum Gasteiger partial charge on any atom is 0.322 e. The standard InChI is InChI=1S/C34H32F2N8O3/c1-17(2)28-30(19(4)9-11-38-28)44-31-26(14-24(36)29(40-31)27-18(3)7-8-25-23(27)16-39-41-25)43(33(46)34(44)47)21-10-12-42(32(45)20(5)35)22(13-21)15-37-6/h7-9,11,14,16-17,21-22H,5,10,12-13,15H2,1-4H3,(H,39,41)/t21?,22-/m1/s1. The van der Waals surface area contributed by atoms with Gasteiger partial charge < -0.3 is 9.74 Å². The van der Waals surface area contributed by atoms with E-state index in [1.54, 1.807) is 25.4 Å². The molecular formula is C34H32F2N8O3. The molecule has 1 unspecified atom stereocenters. The van der Waals surface area contributed by atoms with Crippen LogP contribution in [0.25, 0.3) is 43.9 Å². The molecule has 11 nitrogen and oxygen atoms in total. The maximum absolute atomic E-state index is 16.4. The van der Waals surface area contributed by atoms with Crippen molar-refractivity contribution in [1.82, 2.24) is 34.2 Å². The van der Waals surface area contributed by atoms with Crippen LogP contribution >= 0.6 is 0 Å². The van der Waals surface area contributed by atoms with Gasteiger partial charge in [0, 0.05) is 35.8 Å². The number of H-pyrrole nitrogens is 1. The van der Waals surface area contributed by atoms with Gasteiger partial charge in [-0.2, -0.15) is 5.10 Å². The quantitative estimate of drug-likeness (QED) is 0.153. The fourth-order valence-corrected chi connectivity index (χ4v) is 6.65. The number of aromatic nitrogens is 6. The van der Waals surface area contributed by atoms with Crippen molar-refractivity contribution in [2.24, 2.45) is 0 Å². The highest BCUT2D eigenvalue weighted by atomic mass is 19.1.